The molecule has 0 amide bonds. The van der Waals surface area contributed by atoms with Crippen LogP contribution in [0.2, 0.25) is 0 Å². The van der Waals surface area contributed by atoms with E-state index in [0.29, 0.717) is 37.9 Å². The average Bonchev–Trinajstić information content (AvgIpc) is 2.83. The summed E-state index contributed by atoms with van der Waals surface area (Å²) >= 11 is 0. The lowest BCUT2D eigenvalue weighted by Gasteiger charge is -2.32. The van der Waals surface area contributed by atoms with Crippen molar-refractivity contribution in [1.29, 1.82) is 5.26 Å². The number of nitrogens with zero attached hydrogens (tertiary/aromatic N) is 2. The molecule has 0 N–H and O–H groups in total. The first-order chi connectivity index (χ1) is 15.9. The first-order valence-electron chi connectivity index (χ1n) is 11.5. The monoisotopic (exact) mass is 472 g/mol. The number of hydrogen-bond donors (Lipinski definition) is 0. The first kappa shape index (κ1) is 25.4. The summed E-state index contributed by atoms with van der Waals surface area (Å²) in [6.07, 6.45) is 7.92. The van der Waals surface area contributed by atoms with E-state index in [1.54, 1.807) is 18.3 Å². The third kappa shape index (κ3) is 8.57. The van der Waals surface area contributed by atoms with Gasteiger partial charge in [0.15, 0.2) is 0 Å². The zero-order chi connectivity index (χ0) is 23.6. The van der Waals surface area contributed by atoms with Gasteiger partial charge >= 0.3 is 7.82 Å². The van der Waals surface area contributed by atoms with E-state index >= 15 is 0 Å². The van der Waals surface area contributed by atoms with Crippen molar-refractivity contribution in [2.75, 3.05) is 26.4 Å². The molecule has 0 aliphatic carbocycles. The highest BCUT2D eigenvalue weighted by Gasteiger charge is 2.37. The lowest BCUT2D eigenvalue weighted by Crippen LogP contribution is -2.29. The molecule has 0 saturated carbocycles. The molecule has 3 rings (SSSR count). The molecule has 0 atom stereocenters. The van der Waals surface area contributed by atoms with E-state index in [0.717, 1.165) is 49.7 Å². The molecule has 2 heterocycles. The highest BCUT2D eigenvalue weighted by atomic mass is 31.2. The molecule has 1 fully saturated rings. The third-order valence-corrected chi connectivity index (χ3v) is 6.74. The van der Waals surface area contributed by atoms with Crippen LogP contribution >= 0.6 is 7.82 Å². The van der Waals surface area contributed by atoms with Crippen LogP contribution in [-0.4, -0.2) is 31.4 Å². The molecule has 178 valence electrons. The van der Waals surface area contributed by atoms with Gasteiger partial charge in [-0.15, -0.1) is 0 Å². The van der Waals surface area contributed by atoms with E-state index < -0.39 is 7.82 Å². The highest BCUT2D eigenvalue weighted by Crippen LogP contribution is 2.54. The topological polar surface area (TPSA) is 90.7 Å². The lowest BCUT2D eigenvalue weighted by molar-refractivity contribution is 0.000972. The Labute approximate surface area is 196 Å². The number of pyridine rings is 1. The number of aromatic nitrogens is 1. The predicted octanol–water partition coefficient (Wildman–Crippen LogP) is 6.54. The number of phosphoric ester groups is 1. The van der Waals surface area contributed by atoms with E-state index in [1.807, 2.05) is 38.1 Å². The fourth-order valence-corrected chi connectivity index (χ4v) is 4.89. The zero-order valence-electron chi connectivity index (χ0n) is 19.5. The Morgan fingerprint density at radius 3 is 2.15 bits per heavy atom. The van der Waals surface area contributed by atoms with Crippen molar-refractivity contribution in [2.45, 2.75) is 52.4 Å². The molecule has 0 radical (unpaired) electrons. The SMILES string of the molecule is CC1(C)COP(=O)(OCCCCCCCCOc2ccc(-c3ccc(C#N)cc3)cn2)OC1. The van der Waals surface area contributed by atoms with Crippen molar-refractivity contribution in [3.05, 3.63) is 48.2 Å². The molecule has 0 bridgehead atoms. The van der Waals surface area contributed by atoms with Gasteiger partial charge in [0, 0.05) is 23.2 Å². The van der Waals surface area contributed by atoms with Crippen molar-refractivity contribution in [3.8, 4) is 23.1 Å². The second-order valence-corrected chi connectivity index (χ2v) is 10.7. The minimum Gasteiger partial charge on any atom is -0.478 e. The Hall–Kier alpha value is -2.23. The van der Waals surface area contributed by atoms with Gasteiger partial charge in [0.2, 0.25) is 5.88 Å². The van der Waals surface area contributed by atoms with Crippen LogP contribution in [0.4, 0.5) is 0 Å². The summed E-state index contributed by atoms with van der Waals surface area (Å²) in [6.45, 7) is 5.83. The second kappa shape index (κ2) is 12.3. The van der Waals surface area contributed by atoms with Crippen molar-refractivity contribution in [3.63, 3.8) is 0 Å². The standard InChI is InChI=1S/C25H33N2O5P/c1-25(2)19-31-33(28,32-20-25)30-16-8-6-4-3-5-7-15-29-24-14-13-23(18-27-24)22-11-9-21(17-26)10-12-22/h9-14,18H,3-8,15-16,19-20H2,1-2H3. The molecular formula is C25H33N2O5P. The summed E-state index contributed by atoms with van der Waals surface area (Å²) in [4.78, 5) is 4.37. The molecule has 0 unspecified atom stereocenters. The molecule has 33 heavy (non-hydrogen) atoms. The maximum absolute atomic E-state index is 12.3. The number of benzene rings is 1. The Kier molecular flexibility index (Phi) is 9.46. The molecule has 1 aliphatic rings. The number of unbranched alkanes of at least 4 members (excludes halogenated alkanes) is 5. The maximum atomic E-state index is 12.3. The van der Waals surface area contributed by atoms with Gasteiger partial charge in [0.1, 0.15) is 0 Å². The Bertz CT molecular complexity index is 940. The number of hydrogen-bond acceptors (Lipinski definition) is 7. The van der Waals surface area contributed by atoms with Gasteiger partial charge in [-0.05, 0) is 36.6 Å². The summed E-state index contributed by atoms with van der Waals surface area (Å²) in [5, 5.41) is 8.89. The predicted molar refractivity (Wildman–Crippen MR) is 127 cm³/mol. The minimum atomic E-state index is -3.35. The molecular weight excluding hydrogens is 439 g/mol. The molecule has 2 aromatic rings. The van der Waals surface area contributed by atoms with Crippen LogP contribution in [-0.2, 0) is 18.1 Å². The number of ether oxygens (including phenoxy) is 1. The number of rotatable bonds is 12. The van der Waals surface area contributed by atoms with Gasteiger partial charge in [-0.3, -0.25) is 13.6 Å². The Balaban J connectivity index is 1.21. The van der Waals surface area contributed by atoms with Crippen LogP contribution in [0.3, 0.4) is 0 Å². The van der Waals surface area contributed by atoms with Crippen LogP contribution in [0.25, 0.3) is 11.1 Å². The molecule has 8 heteroatoms. The van der Waals surface area contributed by atoms with Gasteiger partial charge in [0.25, 0.3) is 0 Å². The van der Waals surface area contributed by atoms with E-state index in [-0.39, 0.29) is 5.41 Å². The normalized spacial score (nSPS) is 16.8. The lowest BCUT2D eigenvalue weighted by atomic mass is 9.97. The summed E-state index contributed by atoms with van der Waals surface area (Å²) in [5.41, 5.74) is 2.54. The fraction of sp³-hybridized carbons (Fsp3) is 0.520. The van der Waals surface area contributed by atoms with Crippen LogP contribution < -0.4 is 4.74 Å². The molecule has 1 aliphatic heterocycles. The number of nitriles is 1. The minimum absolute atomic E-state index is 0.118. The average molecular weight is 473 g/mol. The van der Waals surface area contributed by atoms with Gasteiger partial charge in [-0.2, -0.15) is 5.26 Å². The van der Waals surface area contributed by atoms with Crippen molar-refractivity contribution in [2.24, 2.45) is 5.41 Å². The van der Waals surface area contributed by atoms with E-state index in [1.165, 1.54) is 0 Å². The molecule has 1 saturated heterocycles. The molecule has 0 spiro atoms. The van der Waals surface area contributed by atoms with Crippen LogP contribution in [0, 0.1) is 16.7 Å². The maximum Gasteiger partial charge on any atom is 0.474 e. The Morgan fingerprint density at radius 1 is 0.939 bits per heavy atom. The van der Waals surface area contributed by atoms with E-state index in [2.05, 4.69) is 11.1 Å². The summed E-state index contributed by atoms with van der Waals surface area (Å²) < 4.78 is 34.0. The van der Waals surface area contributed by atoms with Gasteiger partial charge in [-0.25, -0.2) is 9.55 Å². The third-order valence-electron chi connectivity index (χ3n) is 5.35. The van der Waals surface area contributed by atoms with Crippen molar-refractivity contribution in [1.82, 2.24) is 4.98 Å². The summed E-state index contributed by atoms with van der Waals surface area (Å²) in [5.74, 6) is 0.620. The fourth-order valence-electron chi connectivity index (χ4n) is 3.30. The molecule has 1 aromatic carbocycles. The quantitative estimate of drug-likeness (QED) is 0.256. The van der Waals surface area contributed by atoms with Crippen molar-refractivity contribution < 1.29 is 22.9 Å². The van der Waals surface area contributed by atoms with E-state index in [9.17, 15) is 4.57 Å². The molecule has 1 aromatic heterocycles. The van der Waals surface area contributed by atoms with Crippen LogP contribution in [0.1, 0.15) is 57.9 Å². The second-order valence-electron chi connectivity index (χ2n) is 9.04. The summed E-state index contributed by atoms with van der Waals surface area (Å²) in [6, 6.07) is 13.4. The van der Waals surface area contributed by atoms with Gasteiger partial charge in [0.05, 0.1) is 38.1 Å². The largest absolute Gasteiger partial charge is 0.478 e. The Morgan fingerprint density at radius 2 is 1.55 bits per heavy atom. The zero-order valence-corrected chi connectivity index (χ0v) is 20.4. The van der Waals surface area contributed by atoms with Gasteiger partial charge < -0.3 is 4.74 Å². The summed E-state index contributed by atoms with van der Waals surface area (Å²) in [7, 11) is -3.35. The first-order valence-corrected chi connectivity index (χ1v) is 13.0. The van der Waals surface area contributed by atoms with Crippen LogP contribution in [0.5, 0.6) is 5.88 Å². The smallest absolute Gasteiger partial charge is 0.474 e. The van der Waals surface area contributed by atoms with E-state index in [4.69, 9.17) is 23.6 Å². The highest BCUT2D eigenvalue weighted by molar-refractivity contribution is 7.48. The van der Waals surface area contributed by atoms with Crippen molar-refractivity contribution >= 4 is 7.82 Å². The molecule has 7 nitrogen and oxygen atoms in total. The van der Waals surface area contributed by atoms with Gasteiger partial charge in [-0.1, -0.05) is 51.7 Å². The van der Waals surface area contributed by atoms with Crippen LogP contribution in [0.15, 0.2) is 42.6 Å². The number of phosphoric acid groups is 1.